The average Bonchev–Trinajstić information content (AvgIpc) is 2.64. The first-order valence-corrected chi connectivity index (χ1v) is 9.85. The van der Waals surface area contributed by atoms with Gasteiger partial charge in [0.15, 0.2) is 11.5 Å². The van der Waals surface area contributed by atoms with Gasteiger partial charge in [-0.15, -0.1) is 0 Å². The second-order valence-corrected chi connectivity index (χ2v) is 7.28. The average molecular weight is 440 g/mol. The van der Waals surface area contributed by atoms with Crippen molar-refractivity contribution in [2.45, 2.75) is 39.5 Å². The Labute approximate surface area is 169 Å². The van der Waals surface area contributed by atoms with E-state index in [4.69, 9.17) is 14.2 Å². The van der Waals surface area contributed by atoms with Gasteiger partial charge in [0, 0.05) is 23.2 Å². The van der Waals surface area contributed by atoms with Crippen LogP contribution in [0.15, 0.2) is 40.9 Å². The van der Waals surface area contributed by atoms with Crippen molar-refractivity contribution in [3.05, 3.63) is 57.8 Å². The predicted octanol–water partition coefficient (Wildman–Crippen LogP) is 5.08. The maximum absolute atomic E-state index is 13.8. The fraction of sp³-hybridized carbons (Fsp3) is 0.429. The molecule has 0 aliphatic carbocycles. The number of hydrogen-bond acceptors (Lipinski definition) is 4. The van der Waals surface area contributed by atoms with Crippen molar-refractivity contribution in [1.29, 1.82) is 0 Å². The highest BCUT2D eigenvalue weighted by Gasteiger charge is 2.11. The second-order valence-electron chi connectivity index (χ2n) is 6.42. The van der Waals surface area contributed by atoms with E-state index in [-0.39, 0.29) is 18.5 Å². The zero-order chi connectivity index (χ0) is 19.6. The molecule has 0 atom stereocenters. The molecule has 4 nitrogen and oxygen atoms in total. The fourth-order valence-electron chi connectivity index (χ4n) is 2.50. The van der Waals surface area contributed by atoms with Crippen LogP contribution < -0.4 is 14.8 Å². The molecule has 0 radical (unpaired) electrons. The summed E-state index contributed by atoms with van der Waals surface area (Å²) in [4.78, 5) is 0. The third-order valence-corrected chi connectivity index (χ3v) is 4.68. The van der Waals surface area contributed by atoms with Gasteiger partial charge in [0.1, 0.15) is 12.4 Å². The van der Waals surface area contributed by atoms with Gasteiger partial charge in [0.2, 0.25) is 0 Å². The predicted molar refractivity (Wildman–Crippen MR) is 109 cm³/mol. The first kappa shape index (κ1) is 21.7. The molecule has 27 heavy (non-hydrogen) atoms. The van der Waals surface area contributed by atoms with E-state index in [1.165, 1.54) is 6.07 Å². The molecule has 2 rings (SSSR count). The van der Waals surface area contributed by atoms with E-state index in [1.54, 1.807) is 25.3 Å². The minimum absolute atomic E-state index is 0.142. The molecule has 0 saturated carbocycles. The summed E-state index contributed by atoms with van der Waals surface area (Å²) < 4.78 is 31.4. The normalized spacial score (nSPS) is 11.0. The van der Waals surface area contributed by atoms with Gasteiger partial charge >= 0.3 is 0 Å². The molecule has 0 heterocycles. The van der Waals surface area contributed by atoms with Crippen LogP contribution in [0.3, 0.4) is 0 Å². The number of benzene rings is 2. The Bertz CT molecular complexity index is 725. The Balaban J connectivity index is 1.92. The van der Waals surface area contributed by atoms with Gasteiger partial charge in [0.05, 0.1) is 13.2 Å². The van der Waals surface area contributed by atoms with Crippen molar-refractivity contribution in [1.82, 2.24) is 5.32 Å². The number of methoxy groups -OCH3 is 1. The summed E-state index contributed by atoms with van der Waals surface area (Å²) in [5.41, 5.74) is 1.57. The molecule has 2 aromatic carbocycles. The van der Waals surface area contributed by atoms with Crippen LogP contribution in [0.1, 0.15) is 31.4 Å². The van der Waals surface area contributed by atoms with Gasteiger partial charge in [0.25, 0.3) is 0 Å². The van der Waals surface area contributed by atoms with E-state index < -0.39 is 0 Å². The van der Waals surface area contributed by atoms with Crippen molar-refractivity contribution in [2.75, 3.05) is 20.3 Å². The number of rotatable bonds is 11. The highest BCUT2D eigenvalue weighted by atomic mass is 79.9. The maximum Gasteiger partial charge on any atom is 0.162 e. The van der Waals surface area contributed by atoms with Crippen molar-refractivity contribution in [3.63, 3.8) is 0 Å². The molecule has 0 bridgehead atoms. The maximum atomic E-state index is 13.8. The summed E-state index contributed by atoms with van der Waals surface area (Å²) in [6.07, 6.45) is 1.22. The summed E-state index contributed by atoms with van der Waals surface area (Å²) in [6.45, 7) is 6.53. The standard InChI is InChI=1S/C21H27BrFNO3/c1-15(2)26-10-6-9-24-13-17-11-20(25-3)21(12-18(17)22)27-14-16-7-4-5-8-19(16)23/h4-5,7-8,11-12,15,24H,6,9-10,13-14H2,1-3H3. The number of nitrogens with one attached hydrogen (secondary N) is 1. The third-order valence-electron chi connectivity index (χ3n) is 3.94. The molecule has 2 aromatic rings. The van der Waals surface area contributed by atoms with Gasteiger partial charge in [-0.25, -0.2) is 4.39 Å². The van der Waals surface area contributed by atoms with E-state index in [9.17, 15) is 4.39 Å². The first-order chi connectivity index (χ1) is 13.0. The van der Waals surface area contributed by atoms with Crippen LogP contribution in [-0.4, -0.2) is 26.4 Å². The number of hydrogen-bond donors (Lipinski definition) is 1. The monoisotopic (exact) mass is 439 g/mol. The molecule has 0 unspecified atom stereocenters. The van der Waals surface area contributed by atoms with Gasteiger partial charge < -0.3 is 19.5 Å². The van der Waals surface area contributed by atoms with E-state index in [0.717, 1.165) is 29.6 Å². The van der Waals surface area contributed by atoms with Crippen LogP contribution in [-0.2, 0) is 17.9 Å². The lowest BCUT2D eigenvalue weighted by Crippen LogP contribution is -2.17. The molecule has 0 aromatic heterocycles. The Kier molecular flexibility index (Phi) is 9.04. The number of halogens is 2. The van der Waals surface area contributed by atoms with Crippen LogP contribution in [0, 0.1) is 5.82 Å². The van der Waals surface area contributed by atoms with E-state index in [1.807, 2.05) is 26.0 Å². The molecule has 0 aliphatic rings. The van der Waals surface area contributed by atoms with Crippen molar-refractivity contribution >= 4 is 15.9 Å². The van der Waals surface area contributed by atoms with E-state index >= 15 is 0 Å². The van der Waals surface area contributed by atoms with Crippen LogP contribution in [0.2, 0.25) is 0 Å². The molecule has 1 N–H and O–H groups in total. The SMILES string of the molecule is COc1cc(CNCCCOC(C)C)c(Br)cc1OCc1ccccc1F. The highest BCUT2D eigenvalue weighted by molar-refractivity contribution is 9.10. The summed E-state index contributed by atoms with van der Waals surface area (Å²) in [7, 11) is 1.60. The summed E-state index contributed by atoms with van der Waals surface area (Å²) in [5.74, 6) is 0.911. The molecule has 0 saturated heterocycles. The lowest BCUT2D eigenvalue weighted by atomic mass is 10.2. The summed E-state index contributed by atoms with van der Waals surface area (Å²) >= 11 is 3.58. The van der Waals surface area contributed by atoms with E-state index in [0.29, 0.717) is 23.6 Å². The molecule has 0 aliphatic heterocycles. The Morgan fingerprint density at radius 2 is 1.89 bits per heavy atom. The highest BCUT2D eigenvalue weighted by Crippen LogP contribution is 2.34. The van der Waals surface area contributed by atoms with Crippen LogP contribution in [0.4, 0.5) is 4.39 Å². The lowest BCUT2D eigenvalue weighted by Gasteiger charge is -2.15. The molecule has 0 fully saturated rings. The van der Waals surface area contributed by atoms with Crippen molar-refractivity contribution in [3.8, 4) is 11.5 Å². The Hall–Kier alpha value is -1.63. The van der Waals surface area contributed by atoms with Crippen LogP contribution >= 0.6 is 15.9 Å². The van der Waals surface area contributed by atoms with Crippen molar-refractivity contribution in [2.24, 2.45) is 0 Å². The minimum Gasteiger partial charge on any atom is -0.493 e. The first-order valence-electron chi connectivity index (χ1n) is 9.06. The Morgan fingerprint density at radius 1 is 1.11 bits per heavy atom. The largest absolute Gasteiger partial charge is 0.493 e. The topological polar surface area (TPSA) is 39.7 Å². The summed E-state index contributed by atoms with van der Waals surface area (Å²) in [5, 5.41) is 3.40. The van der Waals surface area contributed by atoms with Gasteiger partial charge in [-0.05, 0) is 50.6 Å². The quantitative estimate of drug-likeness (QED) is 0.495. The summed E-state index contributed by atoms with van der Waals surface area (Å²) in [6, 6.07) is 10.4. The fourth-order valence-corrected chi connectivity index (χ4v) is 2.96. The van der Waals surface area contributed by atoms with Crippen molar-refractivity contribution < 1.29 is 18.6 Å². The van der Waals surface area contributed by atoms with Gasteiger partial charge in [-0.3, -0.25) is 0 Å². The molecule has 6 heteroatoms. The zero-order valence-corrected chi connectivity index (χ0v) is 17.6. The van der Waals surface area contributed by atoms with E-state index in [2.05, 4.69) is 21.2 Å². The lowest BCUT2D eigenvalue weighted by molar-refractivity contribution is 0.0770. The molecule has 148 valence electrons. The second kappa shape index (κ2) is 11.3. The molecule has 0 spiro atoms. The smallest absolute Gasteiger partial charge is 0.162 e. The minimum atomic E-state index is -0.280. The van der Waals surface area contributed by atoms with Gasteiger partial charge in [-0.1, -0.05) is 34.1 Å². The van der Waals surface area contributed by atoms with Crippen LogP contribution in [0.25, 0.3) is 0 Å². The zero-order valence-electron chi connectivity index (χ0n) is 16.1. The molecule has 0 amide bonds. The Morgan fingerprint density at radius 3 is 2.59 bits per heavy atom. The van der Waals surface area contributed by atoms with Crippen LogP contribution in [0.5, 0.6) is 11.5 Å². The van der Waals surface area contributed by atoms with Gasteiger partial charge in [-0.2, -0.15) is 0 Å². The molecular weight excluding hydrogens is 413 g/mol. The third kappa shape index (κ3) is 7.13. The number of ether oxygens (including phenoxy) is 3. The molecular formula is C21H27BrFNO3.